The summed E-state index contributed by atoms with van der Waals surface area (Å²) in [4.78, 5) is 11.0. The van der Waals surface area contributed by atoms with Crippen LogP contribution in [0.5, 0.6) is 0 Å². The first-order valence-corrected chi connectivity index (χ1v) is 6.28. The number of ether oxygens (including phenoxy) is 1. The molecule has 2 atom stereocenters. The first-order chi connectivity index (χ1) is 6.65. The van der Waals surface area contributed by atoms with E-state index in [1.807, 2.05) is 0 Å². The van der Waals surface area contributed by atoms with Gasteiger partial charge in [-0.05, 0) is 29.0 Å². The number of carbonyl (C=O) groups is 1. The lowest BCUT2D eigenvalue weighted by Gasteiger charge is -2.12. The van der Waals surface area contributed by atoms with E-state index in [0.717, 1.165) is 6.42 Å². The third-order valence-corrected chi connectivity index (χ3v) is 3.49. The molecule has 1 aliphatic rings. The van der Waals surface area contributed by atoms with Crippen molar-refractivity contribution in [1.82, 2.24) is 0 Å². The highest BCUT2D eigenvalue weighted by atomic mass is 127. The number of rotatable bonds is 4. The van der Waals surface area contributed by atoms with Crippen LogP contribution in [0.15, 0.2) is 9.66 Å². The van der Waals surface area contributed by atoms with Crippen LogP contribution in [0.1, 0.15) is 39.5 Å². The van der Waals surface area contributed by atoms with Gasteiger partial charge in [0, 0.05) is 9.50 Å². The van der Waals surface area contributed by atoms with E-state index in [1.165, 1.54) is 16.4 Å². The summed E-state index contributed by atoms with van der Waals surface area (Å²) in [6.07, 6.45) is 6.31. The molecule has 14 heavy (non-hydrogen) atoms. The van der Waals surface area contributed by atoms with Crippen molar-refractivity contribution >= 4 is 28.6 Å². The van der Waals surface area contributed by atoms with Gasteiger partial charge < -0.3 is 4.74 Å². The van der Waals surface area contributed by atoms with Crippen molar-refractivity contribution in [3.63, 3.8) is 0 Å². The van der Waals surface area contributed by atoms with Crippen molar-refractivity contribution in [3.05, 3.63) is 9.66 Å². The number of unbranched alkanes of at least 4 members (excludes halogenated alkanes) is 2. The molecule has 0 bridgehead atoms. The van der Waals surface area contributed by atoms with Crippen molar-refractivity contribution in [2.75, 3.05) is 0 Å². The summed E-state index contributed by atoms with van der Waals surface area (Å²) < 4.78 is 6.44. The molecule has 0 radical (unpaired) electrons. The fourth-order valence-corrected chi connectivity index (χ4v) is 2.62. The van der Waals surface area contributed by atoms with Gasteiger partial charge in [-0.15, -0.1) is 0 Å². The van der Waals surface area contributed by atoms with Crippen LogP contribution >= 0.6 is 22.6 Å². The average molecular weight is 308 g/mol. The third-order valence-electron chi connectivity index (χ3n) is 2.43. The number of hydrogen-bond acceptors (Lipinski definition) is 2. The normalized spacial score (nSPS) is 27.9. The molecule has 3 heteroatoms. The number of esters is 1. The Hall–Kier alpha value is -0.0600. The van der Waals surface area contributed by atoms with Crippen molar-refractivity contribution in [2.45, 2.75) is 45.6 Å². The lowest BCUT2D eigenvalue weighted by atomic mass is 10.0. The van der Waals surface area contributed by atoms with Gasteiger partial charge in [-0.25, -0.2) is 0 Å². The highest BCUT2D eigenvalue weighted by molar-refractivity contribution is 14.1. The van der Waals surface area contributed by atoms with Crippen molar-refractivity contribution < 1.29 is 9.53 Å². The molecular weight excluding hydrogens is 291 g/mol. The number of hydrogen-bond donors (Lipinski definition) is 0. The maximum Gasteiger partial charge on any atom is 0.306 e. The predicted molar refractivity (Wildman–Crippen MR) is 65.3 cm³/mol. The summed E-state index contributed by atoms with van der Waals surface area (Å²) in [7, 11) is 0. The molecule has 1 heterocycles. The average Bonchev–Trinajstić information content (AvgIpc) is 2.45. The Labute approximate surface area is 99.2 Å². The van der Waals surface area contributed by atoms with Crippen LogP contribution < -0.4 is 0 Å². The molecule has 0 saturated carbocycles. The molecule has 80 valence electrons. The van der Waals surface area contributed by atoms with Crippen molar-refractivity contribution in [1.29, 1.82) is 0 Å². The van der Waals surface area contributed by atoms with E-state index >= 15 is 0 Å². The van der Waals surface area contributed by atoms with Crippen molar-refractivity contribution in [2.24, 2.45) is 5.92 Å². The molecule has 1 saturated heterocycles. The molecule has 1 fully saturated rings. The van der Waals surface area contributed by atoms with Crippen molar-refractivity contribution in [3.8, 4) is 0 Å². The van der Waals surface area contributed by atoms with Crippen LogP contribution in [0, 0.1) is 5.92 Å². The molecule has 0 N–H and O–H groups in total. The second-order valence-electron chi connectivity index (χ2n) is 3.82. The summed E-state index contributed by atoms with van der Waals surface area (Å²) in [5, 5.41) is 0. The lowest BCUT2D eigenvalue weighted by Crippen LogP contribution is -2.13. The Morgan fingerprint density at radius 1 is 1.71 bits per heavy atom. The van der Waals surface area contributed by atoms with Gasteiger partial charge >= 0.3 is 5.97 Å². The zero-order chi connectivity index (χ0) is 10.6. The van der Waals surface area contributed by atoms with Gasteiger partial charge in [0.1, 0.15) is 6.10 Å². The van der Waals surface area contributed by atoms with E-state index < -0.39 is 0 Å². The molecular formula is C11H17IO2. The van der Waals surface area contributed by atoms with Gasteiger partial charge in [0.25, 0.3) is 0 Å². The standard InChI is InChI=1S/C11H17IO2/c1-3-4-5-6-9(12)11-8(2)7-10(13)14-11/h6,8,11H,3-5,7H2,1-2H3/b9-6-/t8-,11-/m1/s1. The summed E-state index contributed by atoms with van der Waals surface area (Å²) in [6.45, 7) is 4.25. The molecule has 0 spiro atoms. The number of carbonyl (C=O) groups excluding carboxylic acids is 1. The summed E-state index contributed by atoms with van der Waals surface area (Å²) >= 11 is 2.29. The van der Waals surface area contributed by atoms with E-state index in [9.17, 15) is 4.79 Å². The zero-order valence-corrected chi connectivity index (χ0v) is 10.9. The third kappa shape index (κ3) is 3.26. The van der Waals surface area contributed by atoms with E-state index in [2.05, 4.69) is 42.5 Å². The van der Waals surface area contributed by atoms with Crippen LogP contribution in [0.2, 0.25) is 0 Å². The summed E-state index contributed by atoms with van der Waals surface area (Å²) in [6, 6.07) is 0. The molecule has 0 aliphatic carbocycles. The quantitative estimate of drug-likeness (QED) is 0.452. The second kappa shape index (κ2) is 5.73. The molecule has 2 nitrogen and oxygen atoms in total. The van der Waals surface area contributed by atoms with Crippen LogP contribution in [-0.4, -0.2) is 12.1 Å². The monoisotopic (exact) mass is 308 g/mol. The van der Waals surface area contributed by atoms with Crippen LogP contribution in [0.25, 0.3) is 0 Å². The smallest absolute Gasteiger partial charge is 0.306 e. The maximum absolute atomic E-state index is 11.0. The van der Waals surface area contributed by atoms with Gasteiger partial charge in [0.2, 0.25) is 0 Å². The predicted octanol–water partition coefficient (Wildman–Crippen LogP) is 3.45. The van der Waals surface area contributed by atoms with Crippen LogP contribution in [-0.2, 0) is 9.53 Å². The van der Waals surface area contributed by atoms with E-state index in [-0.39, 0.29) is 12.1 Å². The Bertz CT molecular complexity index is 235. The Balaban J connectivity index is 2.47. The zero-order valence-electron chi connectivity index (χ0n) is 8.75. The van der Waals surface area contributed by atoms with Crippen LogP contribution in [0.3, 0.4) is 0 Å². The molecule has 0 aromatic rings. The topological polar surface area (TPSA) is 26.3 Å². The number of cyclic esters (lactones) is 1. The van der Waals surface area contributed by atoms with Gasteiger partial charge in [-0.2, -0.15) is 0 Å². The molecule has 1 rings (SSSR count). The fraction of sp³-hybridized carbons (Fsp3) is 0.727. The first-order valence-electron chi connectivity index (χ1n) is 5.20. The molecule has 0 unspecified atom stereocenters. The largest absolute Gasteiger partial charge is 0.457 e. The van der Waals surface area contributed by atoms with E-state index in [0.29, 0.717) is 12.3 Å². The first kappa shape index (κ1) is 12.0. The molecule has 0 amide bonds. The minimum atomic E-state index is -0.0550. The highest BCUT2D eigenvalue weighted by Crippen LogP contribution is 2.30. The van der Waals surface area contributed by atoms with E-state index in [4.69, 9.17) is 4.74 Å². The minimum absolute atomic E-state index is 0.0277. The Morgan fingerprint density at radius 2 is 2.43 bits per heavy atom. The SMILES string of the molecule is CCCC/C=C(\I)[C@@H]1OC(=O)C[C@H]1C. The summed E-state index contributed by atoms with van der Waals surface area (Å²) in [5.41, 5.74) is 0. The van der Waals surface area contributed by atoms with Gasteiger partial charge in [0.05, 0.1) is 6.42 Å². The van der Waals surface area contributed by atoms with Gasteiger partial charge in [-0.1, -0.05) is 32.8 Å². The molecule has 1 aliphatic heterocycles. The number of halogens is 1. The number of allylic oxidation sites excluding steroid dienone is 1. The Kier molecular flexibility index (Phi) is 4.92. The van der Waals surface area contributed by atoms with Gasteiger partial charge in [0.15, 0.2) is 0 Å². The minimum Gasteiger partial charge on any atom is -0.457 e. The Morgan fingerprint density at radius 3 is 2.93 bits per heavy atom. The summed E-state index contributed by atoms with van der Waals surface area (Å²) in [5.74, 6) is 0.285. The van der Waals surface area contributed by atoms with E-state index in [1.54, 1.807) is 0 Å². The van der Waals surface area contributed by atoms with Crippen LogP contribution in [0.4, 0.5) is 0 Å². The highest BCUT2D eigenvalue weighted by Gasteiger charge is 2.32. The molecule has 0 aromatic heterocycles. The fourth-order valence-electron chi connectivity index (χ4n) is 1.56. The second-order valence-corrected chi connectivity index (χ2v) is 5.07. The van der Waals surface area contributed by atoms with Gasteiger partial charge in [-0.3, -0.25) is 4.79 Å². The molecule has 0 aromatic carbocycles. The maximum atomic E-state index is 11.0. The lowest BCUT2D eigenvalue weighted by molar-refractivity contribution is -0.140.